The van der Waals surface area contributed by atoms with Gasteiger partial charge in [-0.15, -0.1) is 0 Å². The summed E-state index contributed by atoms with van der Waals surface area (Å²) in [5, 5.41) is 6.95. The lowest BCUT2D eigenvalue weighted by molar-refractivity contribution is -0.136. The molecule has 0 saturated carbocycles. The fourth-order valence-corrected chi connectivity index (χ4v) is 4.16. The first-order chi connectivity index (χ1) is 14.0. The maximum absolute atomic E-state index is 12.6. The van der Waals surface area contributed by atoms with Crippen molar-refractivity contribution in [2.45, 2.75) is 72.8 Å². The van der Waals surface area contributed by atoms with Gasteiger partial charge in [-0.3, -0.25) is 9.79 Å². The molecule has 1 aromatic carbocycles. The van der Waals surface area contributed by atoms with Crippen LogP contribution in [0.2, 0.25) is 0 Å². The molecule has 162 valence electrons. The summed E-state index contributed by atoms with van der Waals surface area (Å²) in [5.74, 6) is 1.41. The van der Waals surface area contributed by atoms with Gasteiger partial charge in [0.25, 0.3) is 0 Å². The zero-order valence-corrected chi connectivity index (χ0v) is 19.1. The molecule has 0 spiro atoms. The molecule has 1 aliphatic heterocycles. The SMILES string of the molecule is CCNC(=NCCc1cc(C)cc(C)c1)NC1CCN(C(=O)C(CC)CC)CC1. The van der Waals surface area contributed by atoms with Crippen LogP contribution in [0.15, 0.2) is 23.2 Å². The van der Waals surface area contributed by atoms with E-state index in [4.69, 9.17) is 4.99 Å². The predicted octanol–water partition coefficient (Wildman–Crippen LogP) is 3.83. The molecule has 0 radical (unpaired) electrons. The van der Waals surface area contributed by atoms with Crippen LogP contribution in [0.4, 0.5) is 0 Å². The number of rotatable bonds is 8. The van der Waals surface area contributed by atoms with Crippen LogP contribution in [0, 0.1) is 19.8 Å². The minimum absolute atomic E-state index is 0.184. The highest BCUT2D eigenvalue weighted by molar-refractivity contribution is 5.80. The largest absolute Gasteiger partial charge is 0.357 e. The Labute approximate surface area is 177 Å². The van der Waals surface area contributed by atoms with Crippen molar-refractivity contribution >= 4 is 11.9 Å². The van der Waals surface area contributed by atoms with Gasteiger partial charge in [0.15, 0.2) is 5.96 Å². The molecule has 1 saturated heterocycles. The number of benzene rings is 1. The minimum Gasteiger partial charge on any atom is -0.357 e. The molecule has 2 rings (SSSR count). The van der Waals surface area contributed by atoms with E-state index in [-0.39, 0.29) is 5.92 Å². The van der Waals surface area contributed by atoms with E-state index in [1.54, 1.807) is 0 Å². The fourth-order valence-electron chi connectivity index (χ4n) is 4.16. The third kappa shape index (κ3) is 7.37. The molecule has 1 fully saturated rings. The molecule has 0 aliphatic carbocycles. The monoisotopic (exact) mass is 400 g/mol. The third-order valence-corrected chi connectivity index (χ3v) is 5.78. The summed E-state index contributed by atoms with van der Waals surface area (Å²) < 4.78 is 0. The van der Waals surface area contributed by atoms with Gasteiger partial charge in [0.2, 0.25) is 5.91 Å². The lowest BCUT2D eigenvalue weighted by atomic mass is 9.98. The highest BCUT2D eigenvalue weighted by Gasteiger charge is 2.26. The van der Waals surface area contributed by atoms with E-state index in [2.05, 4.69) is 68.4 Å². The van der Waals surface area contributed by atoms with Crippen molar-refractivity contribution in [2.75, 3.05) is 26.2 Å². The van der Waals surface area contributed by atoms with Gasteiger partial charge in [-0.05, 0) is 58.4 Å². The highest BCUT2D eigenvalue weighted by atomic mass is 16.2. The average molecular weight is 401 g/mol. The summed E-state index contributed by atoms with van der Waals surface area (Å²) in [6.45, 7) is 13.9. The number of carbonyl (C=O) groups is 1. The van der Waals surface area contributed by atoms with Crippen molar-refractivity contribution in [2.24, 2.45) is 10.9 Å². The number of aryl methyl sites for hydroxylation is 2. The topological polar surface area (TPSA) is 56.7 Å². The molecule has 1 aromatic rings. The van der Waals surface area contributed by atoms with Crippen molar-refractivity contribution in [3.8, 4) is 0 Å². The van der Waals surface area contributed by atoms with Crippen molar-refractivity contribution < 1.29 is 4.79 Å². The van der Waals surface area contributed by atoms with Crippen molar-refractivity contribution in [3.63, 3.8) is 0 Å². The molecule has 5 nitrogen and oxygen atoms in total. The van der Waals surface area contributed by atoms with E-state index >= 15 is 0 Å². The van der Waals surface area contributed by atoms with Crippen LogP contribution < -0.4 is 10.6 Å². The number of nitrogens with zero attached hydrogens (tertiary/aromatic N) is 2. The molecule has 1 amide bonds. The van der Waals surface area contributed by atoms with Gasteiger partial charge >= 0.3 is 0 Å². The number of guanidine groups is 1. The maximum atomic E-state index is 12.6. The molecule has 0 atom stereocenters. The van der Waals surface area contributed by atoms with E-state index in [1.807, 2.05) is 0 Å². The van der Waals surface area contributed by atoms with Gasteiger partial charge in [0.05, 0.1) is 0 Å². The second-order valence-electron chi connectivity index (χ2n) is 8.26. The molecule has 1 aliphatic rings. The average Bonchev–Trinajstić information content (AvgIpc) is 2.69. The number of nitrogens with one attached hydrogen (secondary N) is 2. The van der Waals surface area contributed by atoms with Gasteiger partial charge in [0.1, 0.15) is 0 Å². The fraction of sp³-hybridized carbons (Fsp3) is 0.667. The van der Waals surface area contributed by atoms with Crippen LogP contribution in [0.5, 0.6) is 0 Å². The quantitative estimate of drug-likeness (QED) is 0.515. The first-order valence-corrected chi connectivity index (χ1v) is 11.4. The van der Waals surface area contributed by atoms with Crippen LogP contribution in [-0.4, -0.2) is 49.0 Å². The van der Waals surface area contributed by atoms with Crippen molar-refractivity contribution in [1.82, 2.24) is 15.5 Å². The second-order valence-corrected chi connectivity index (χ2v) is 8.26. The number of hydrogen-bond acceptors (Lipinski definition) is 2. The first kappa shape index (κ1) is 23.2. The summed E-state index contributed by atoms with van der Waals surface area (Å²) in [4.78, 5) is 19.4. The Bertz CT molecular complexity index is 653. The third-order valence-electron chi connectivity index (χ3n) is 5.78. The Morgan fingerprint density at radius 3 is 2.28 bits per heavy atom. The number of likely N-dealkylation sites (tertiary alicyclic amines) is 1. The van der Waals surface area contributed by atoms with Crippen LogP contribution in [0.3, 0.4) is 0 Å². The standard InChI is InChI=1S/C24H40N4O/c1-6-21(7-2)23(29)28-13-10-22(11-14-28)27-24(25-8-3)26-12-9-20-16-18(4)15-19(5)17-20/h15-17,21-22H,6-14H2,1-5H3,(H2,25,26,27). The summed E-state index contributed by atoms with van der Waals surface area (Å²) >= 11 is 0. The Hall–Kier alpha value is -2.04. The van der Waals surface area contributed by atoms with E-state index < -0.39 is 0 Å². The second kappa shape index (κ2) is 11.8. The Morgan fingerprint density at radius 1 is 1.10 bits per heavy atom. The number of piperidine rings is 1. The van der Waals surface area contributed by atoms with Gasteiger partial charge in [-0.2, -0.15) is 0 Å². The molecular weight excluding hydrogens is 360 g/mol. The smallest absolute Gasteiger partial charge is 0.225 e. The van der Waals surface area contributed by atoms with Crippen LogP contribution in [0.1, 0.15) is 63.1 Å². The maximum Gasteiger partial charge on any atom is 0.225 e. The zero-order chi connectivity index (χ0) is 21.2. The molecule has 2 N–H and O–H groups in total. The van der Waals surface area contributed by atoms with Gasteiger partial charge < -0.3 is 15.5 Å². The number of hydrogen-bond donors (Lipinski definition) is 2. The number of amides is 1. The van der Waals surface area contributed by atoms with Crippen LogP contribution in [-0.2, 0) is 11.2 Å². The Morgan fingerprint density at radius 2 is 1.72 bits per heavy atom. The van der Waals surface area contributed by atoms with Crippen molar-refractivity contribution in [1.29, 1.82) is 0 Å². The summed E-state index contributed by atoms with van der Waals surface area (Å²) in [5.41, 5.74) is 3.96. The lowest BCUT2D eigenvalue weighted by Gasteiger charge is -2.34. The summed E-state index contributed by atoms with van der Waals surface area (Å²) in [6.07, 6.45) is 4.78. The summed E-state index contributed by atoms with van der Waals surface area (Å²) in [7, 11) is 0. The predicted molar refractivity (Wildman–Crippen MR) is 122 cm³/mol. The normalized spacial score (nSPS) is 15.7. The minimum atomic E-state index is 0.184. The molecule has 0 unspecified atom stereocenters. The zero-order valence-electron chi connectivity index (χ0n) is 19.1. The van der Waals surface area contributed by atoms with E-state index in [9.17, 15) is 4.79 Å². The number of aliphatic imine (C=N–C) groups is 1. The Kier molecular flexibility index (Phi) is 9.49. The lowest BCUT2D eigenvalue weighted by Crippen LogP contribution is -2.50. The van der Waals surface area contributed by atoms with Gasteiger partial charge in [0, 0.05) is 38.1 Å². The van der Waals surface area contributed by atoms with Crippen molar-refractivity contribution in [3.05, 3.63) is 34.9 Å². The molecule has 0 bridgehead atoms. The van der Waals surface area contributed by atoms with Gasteiger partial charge in [-0.1, -0.05) is 43.2 Å². The molecule has 1 heterocycles. The first-order valence-electron chi connectivity index (χ1n) is 11.4. The van der Waals surface area contributed by atoms with E-state index in [0.29, 0.717) is 11.9 Å². The van der Waals surface area contributed by atoms with Gasteiger partial charge in [-0.25, -0.2) is 0 Å². The van der Waals surface area contributed by atoms with E-state index in [1.165, 1.54) is 16.7 Å². The van der Waals surface area contributed by atoms with Crippen LogP contribution >= 0.6 is 0 Å². The molecule has 29 heavy (non-hydrogen) atoms. The molecule has 5 heteroatoms. The van der Waals surface area contributed by atoms with Crippen LogP contribution in [0.25, 0.3) is 0 Å². The summed E-state index contributed by atoms with van der Waals surface area (Å²) in [6, 6.07) is 7.07. The number of carbonyl (C=O) groups excluding carboxylic acids is 1. The molecule has 0 aromatic heterocycles. The molecular formula is C24H40N4O. The van der Waals surface area contributed by atoms with E-state index in [0.717, 1.165) is 64.2 Å². The highest BCUT2D eigenvalue weighted by Crippen LogP contribution is 2.17. The Balaban J connectivity index is 1.85.